The molecule has 0 unspecified atom stereocenters. The summed E-state index contributed by atoms with van der Waals surface area (Å²) in [6.07, 6.45) is 0. The summed E-state index contributed by atoms with van der Waals surface area (Å²) in [5, 5.41) is 3.33. The average molecular weight is 262 g/mol. The fourth-order valence-corrected chi connectivity index (χ4v) is 2.48. The van der Waals surface area contributed by atoms with Gasteiger partial charge in [0.1, 0.15) is 13.2 Å². The van der Waals surface area contributed by atoms with E-state index in [-0.39, 0.29) is 5.91 Å². The molecule has 0 aromatic heterocycles. The van der Waals surface area contributed by atoms with Gasteiger partial charge in [0.15, 0.2) is 11.5 Å². The second-order valence-electron chi connectivity index (χ2n) is 4.96. The van der Waals surface area contributed by atoms with Crippen molar-refractivity contribution in [3.8, 4) is 11.5 Å². The Hall–Kier alpha value is -1.75. The first-order valence-corrected chi connectivity index (χ1v) is 6.66. The van der Waals surface area contributed by atoms with Crippen LogP contribution in [0, 0.1) is 0 Å². The second-order valence-corrected chi connectivity index (χ2v) is 4.96. The van der Waals surface area contributed by atoms with E-state index in [1.54, 1.807) is 6.07 Å². The normalized spacial score (nSPS) is 22.2. The lowest BCUT2D eigenvalue weighted by molar-refractivity contribution is 0.0708. The van der Waals surface area contributed by atoms with Gasteiger partial charge in [-0.25, -0.2) is 0 Å². The fourth-order valence-electron chi connectivity index (χ4n) is 2.48. The first-order chi connectivity index (χ1) is 9.24. The number of carbonyl (C=O) groups is 1. The number of rotatable bonds is 1. The van der Waals surface area contributed by atoms with E-state index in [1.165, 1.54) is 0 Å². The number of fused-ring (bicyclic) bond motifs is 1. The van der Waals surface area contributed by atoms with Crippen molar-refractivity contribution in [2.45, 2.75) is 13.0 Å². The summed E-state index contributed by atoms with van der Waals surface area (Å²) in [6.45, 7) is 5.52. The van der Waals surface area contributed by atoms with E-state index in [0.717, 1.165) is 25.4 Å². The summed E-state index contributed by atoms with van der Waals surface area (Å²) in [6, 6.07) is 5.74. The molecule has 1 N–H and O–H groups in total. The van der Waals surface area contributed by atoms with E-state index >= 15 is 0 Å². The van der Waals surface area contributed by atoms with Crippen molar-refractivity contribution in [2.75, 3.05) is 32.8 Å². The van der Waals surface area contributed by atoms with Crippen LogP contribution in [0.1, 0.15) is 17.3 Å². The highest BCUT2D eigenvalue weighted by atomic mass is 16.6. The molecule has 0 radical (unpaired) electrons. The molecule has 1 atom stereocenters. The van der Waals surface area contributed by atoms with Gasteiger partial charge >= 0.3 is 0 Å². The summed E-state index contributed by atoms with van der Waals surface area (Å²) in [5.41, 5.74) is 0.665. The standard InChI is InChI=1S/C14H18N2O3/c1-10-9-16(5-4-15-10)14(17)11-2-3-12-13(8-11)19-7-6-18-12/h2-3,8,10,15H,4-7,9H2,1H3/t10-/m1/s1. The highest BCUT2D eigenvalue weighted by Gasteiger charge is 2.23. The van der Waals surface area contributed by atoms with Gasteiger partial charge in [0.05, 0.1) is 0 Å². The van der Waals surface area contributed by atoms with Crippen LogP contribution in [0.5, 0.6) is 11.5 Å². The lowest BCUT2D eigenvalue weighted by Crippen LogP contribution is -2.51. The Balaban J connectivity index is 1.79. The van der Waals surface area contributed by atoms with Crippen molar-refractivity contribution in [1.29, 1.82) is 0 Å². The summed E-state index contributed by atoms with van der Waals surface area (Å²) >= 11 is 0. The number of nitrogens with zero attached hydrogens (tertiary/aromatic N) is 1. The van der Waals surface area contributed by atoms with Gasteiger partial charge in [0.25, 0.3) is 5.91 Å². The van der Waals surface area contributed by atoms with Gasteiger partial charge in [-0.15, -0.1) is 0 Å². The Kier molecular flexibility index (Phi) is 3.29. The zero-order valence-corrected chi connectivity index (χ0v) is 11.0. The van der Waals surface area contributed by atoms with Crippen LogP contribution in [0.3, 0.4) is 0 Å². The van der Waals surface area contributed by atoms with Gasteiger partial charge in [0.2, 0.25) is 0 Å². The number of carbonyl (C=O) groups excluding carboxylic acids is 1. The Morgan fingerprint density at radius 2 is 2.11 bits per heavy atom. The first kappa shape index (κ1) is 12.3. The van der Waals surface area contributed by atoms with Crippen LogP contribution in [0.25, 0.3) is 0 Å². The molecular weight excluding hydrogens is 244 g/mol. The minimum absolute atomic E-state index is 0.0605. The minimum Gasteiger partial charge on any atom is -0.486 e. The molecule has 5 heteroatoms. The molecular formula is C14H18N2O3. The predicted octanol–water partition coefficient (Wildman–Crippen LogP) is 0.892. The van der Waals surface area contributed by atoms with E-state index in [4.69, 9.17) is 9.47 Å². The van der Waals surface area contributed by atoms with E-state index in [0.29, 0.717) is 30.6 Å². The van der Waals surface area contributed by atoms with Crippen molar-refractivity contribution < 1.29 is 14.3 Å². The quantitative estimate of drug-likeness (QED) is 0.816. The Morgan fingerprint density at radius 1 is 1.32 bits per heavy atom. The highest BCUT2D eigenvalue weighted by Crippen LogP contribution is 2.31. The van der Waals surface area contributed by atoms with Crippen LogP contribution in [0.4, 0.5) is 0 Å². The average Bonchev–Trinajstić information content (AvgIpc) is 2.46. The van der Waals surface area contributed by atoms with Crippen LogP contribution < -0.4 is 14.8 Å². The summed E-state index contributed by atoms with van der Waals surface area (Å²) in [5.74, 6) is 1.45. The zero-order valence-electron chi connectivity index (χ0n) is 11.0. The number of ether oxygens (including phenoxy) is 2. The maximum absolute atomic E-state index is 12.4. The maximum Gasteiger partial charge on any atom is 0.254 e. The number of piperazine rings is 1. The van der Waals surface area contributed by atoms with Crippen molar-refractivity contribution in [1.82, 2.24) is 10.2 Å². The Bertz CT molecular complexity index is 490. The van der Waals surface area contributed by atoms with Crippen molar-refractivity contribution in [3.63, 3.8) is 0 Å². The van der Waals surface area contributed by atoms with Gasteiger partial charge in [-0.1, -0.05) is 0 Å². The van der Waals surface area contributed by atoms with E-state index in [2.05, 4.69) is 12.2 Å². The number of amides is 1. The van der Waals surface area contributed by atoms with Gasteiger partial charge in [-0.3, -0.25) is 4.79 Å². The highest BCUT2D eigenvalue weighted by molar-refractivity contribution is 5.95. The van der Waals surface area contributed by atoms with E-state index in [1.807, 2.05) is 17.0 Å². The molecule has 0 bridgehead atoms. The number of hydrogen-bond acceptors (Lipinski definition) is 4. The fraction of sp³-hybridized carbons (Fsp3) is 0.500. The molecule has 2 heterocycles. The van der Waals surface area contributed by atoms with Crippen molar-refractivity contribution in [3.05, 3.63) is 23.8 Å². The molecule has 1 aromatic carbocycles. The largest absolute Gasteiger partial charge is 0.486 e. The van der Waals surface area contributed by atoms with Crippen LogP contribution in [0.15, 0.2) is 18.2 Å². The van der Waals surface area contributed by atoms with Crippen LogP contribution in [-0.4, -0.2) is 49.7 Å². The summed E-state index contributed by atoms with van der Waals surface area (Å²) < 4.78 is 11.0. The van der Waals surface area contributed by atoms with Crippen LogP contribution in [0.2, 0.25) is 0 Å². The third kappa shape index (κ3) is 2.51. The molecule has 3 rings (SSSR count). The molecule has 0 aliphatic carbocycles. The zero-order chi connectivity index (χ0) is 13.2. The molecule has 102 valence electrons. The third-order valence-electron chi connectivity index (χ3n) is 3.45. The number of hydrogen-bond donors (Lipinski definition) is 1. The molecule has 19 heavy (non-hydrogen) atoms. The molecule has 5 nitrogen and oxygen atoms in total. The van der Waals surface area contributed by atoms with Crippen LogP contribution in [-0.2, 0) is 0 Å². The van der Waals surface area contributed by atoms with Gasteiger partial charge in [-0.05, 0) is 25.1 Å². The minimum atomic E-state index is 0.0605. The molecule has 0 spiro atoms. The second kappa shape index (κ2) is 5.09. The van der Waals surface area contributed by atoms with Gasteiger partial charge < -0.3 is 19.7 Å². The SMILES string of the molecule is C[C@@H]1CN(C(=O)c2ccc3c(c2)OCCO3)CCN1. The molecule has 0 saturated carbocycles. The monoisotopic (exact) mass is 262 g/mol. The maximum atomic E-state index is 12.4. The Labute approximate surface area is 112 Å². The summed E-state index contributed by atoms with van der Waals surface area (Å²) in [7, 11) is 0. The molecule has 1 aromatic rings. The van der Waals surface area contributed by atoms with E-state index in [9.17, 15) is 4.79 Å². The number of benzene rings is 1. The van der Waals surface area contributed by atoms with Crippen molar-refractivity contribution >= 4 is 5.91 Å². The van der Waals surface area contributed by atoms with Crippen molar-refractivity contribution in [2.24, 2.45) is 0 Å². The first-order valence-electron chi connectivity index (χ1n) is 6.66. The number of nitrogens with one attached hydrogen (secondary N) is 1. The molecule has 2 aliphatic rings. The summed E-state index contributed by atoms with van der Waals surface area (Å²) in [4.78, 5) is 14.3. The van der Waals surface area contributed by atoms with Gasteiger partial charge in [0, 0.05) is 31.2 Å². The predicted molar refractivity (Wildman–Crippen MR) is 70.8 cm³/mol. The smallest absolute Gasteiger partial charge is 0.254 e. The lowest BCUT2D eigenvalue weighted by Gasteiger charge is -2.32. The van der Waals surface area contributed by atoms with Crippen LogP contribution >= 0.6 is 0 Å². The molecule has 1 amide bonds. The lowest BCUT2D eigenvalue weighted by atomic mass is 10.1. The van der Waals surface area contributed by atoms with E-state index < -0.39 is 0 Å². The Morgan fingerprint density at radius 3 is 2.89 bits per heavy atom. The van der Waals surface area contributed by atoms with Gasteiger partial charge in [-0.2, -0.15) is 0 Å². The third-order valence-corrected chi connectivity index (χ3v) is 3.45. The molecule has 2 aliphatic heterocycles. The molecule has 1 fully saturated rings. The molecule has 1 saturated heterocycles. The topological polar surface area (TPSA) is 50.8 Å².